The minimum absolute atomic E-state index is 0.0488. The van der Waals surface area contributed by atoms with Gasteiger partial charge in [-0.05, 0) is 38.0 Å². The predicted molar refractivity (Wildman–Crippen MR) is 72.2 cm³/mol. The van der Waals surface area contributed by atoms with Crippen molar-refractivity contribution >= 4 is 29.0 Å². The summed E-state index contributed by atoms with van der Waals surface area (Å²) < 4.78 is 6.27. The van der Waals surface area contributed by atoms with Crippen LogP contribution < -0.4 is 10.1 Å². The number of aromatic nitrogens is 2. The first kappa shape index (κ1) is 13.6. The highest BCUT2D eigenvalue weighted by molar-refractivity contribution is 8.02. The molecule has 1 aromatic rings. The van der Waals surface area contributed by atoms with Crippen LogP contribution in [0.2, 0.25) is 0 Å². The molecule has 0 bridgehead atoms. The summed E-state index contributed by atoms with van der Waals surface area (Å²) in [5, 5.41) is 11.5. The Balaban J connectivity index is 1.95. The van der Waals surface area contributed by atoms with Crippen molar-refractivity contribution in [2.24, 2.45) is 0 Å². The van der Waals surface area contributed by atoms with Crippen LogP contribution in [0.5, 0.6) is 5.19 Å². The molecule has 1 aliphatic heterocycles. The third kappa shape index (κ3) is 3.84. The molecule has 0 aliphatic carbocycles. The number of rotatable bonds is 4. The van der Waals surface area contributed by atoms with Crippen molar-refractivity contribution in [2.45, 2.75) is 48.8 Å². The lowest BCUT2D eigenvalue weighted by atomic mass is 10.2. The summed E-state index contributed by atoms with van der Waals surface area (Å²) >= 11 is 2.89. The summed E-state index contributed by atoms with van der Waals surface area (Å²) in [5.41, 5.74) is 0. The molecule has 0 aromatic carbocycles. The van der Waals surface area contributed by atoms with Gasteiger partial charge in [0.25, 0.3) is 5.19 Å². The first-order valence-electron chi connectivity index (χ1n) is 6.09. The number of amides is 1. The lowest BCUT2D eigenvalue weighted by Gasteiger charge is -2.09. The first-order chi connectivity index (χ1) is 8.65. The summed E-state index contributed by atoms with van der Waals surface area (Å²) in [6.07, 6.45) is 3.12. The molecule has 0 radical (unpaired) electrons. The lowest BCUT2D eigenvalue weighted by molar-refractivity contribution is -0.120. The normalized spacial score (nSPS) is 20.6. The summed E-state index contributed by atoms with van der Waals surface area (Å²) in [7, 11) is 0. The van der Waals surface area contributed by atoms with E-state index >= 15 is 0 Å². The Hall–Kier alpha value is -0.820. The van der Waals surface area contributed by atoms with Gasteiger partial charge in [-0.1, -0.05) is 23.3 Å². The molecule has 5 nitrogen and oxygen atoms in total. The van der Waals surface area contributed by atoms with E-state index in [9.17, 15) is 4.79 Å². The smallest absolute Gasteiger partial charge is 0.295 e. The number of carbonyl (C=O) groups excluding carboxylic acids is 1. The first-order valence-corrected chi connectivity index (χ1v) is 7.79. The molecule has 1 unspecified atom stereocenters. The van der Waals surface area contributed by atoms with E-state index in [2.05, 4.69) is 15.5 Å². The average Bonchev–Trinajstić information content (AvgIpc) is 2.63. The van der Waals surface area contributed by atoms with Crippen LogP contribution in [0, 0.1) is 0 Å². The number of nitrogens with one attached hydrogen (secondary N) is 1. The second-order valence-electron chi connectivity index (χ2n) is 4.39. The number of ether oxygens (including phenoxy) is 1. The van der Waals surface area contributed by atoms with E-state index in [0.29, 0.717) is 5.19 Å². The molecule has 2 rings (SSSR count). The standard InChI is InChI=1S/C11H17N3O2S2/c1-7(2)16-10-13-14-11(18-10)17-8-5-3-4-6-12-9(8)15/h7-8H,3-6H2,1-2H3,(H,12,15). The van der Waals surface area contributed by atoms with Crippen molar-refractivity contribution < 1.29 is 9.53 Å². The molecular weight excluding hydrogens is 270 g/mol. The number of hydrogen-bond donors (Lipinski definition) is 1. The number of thioether (sulfide) groups is 1. The largest absolute Gasteiger partial charge is 0.466 e. The molecule has 0 saturated carbocycles. The van der Waals surface area contributed by atoms with Gasteiger partial charge < -0.3 is 10.1 Å². The highest BCUT2D eigenvalue weighted by Gasteiger charge is 2.23. The van der Waals surface area contributed by atoms with E-state index in [4.69, 9.17) is 4.74 Å². The minimum Gasteiger partial charge on any atom is -0.466 e. The molecule has 1 atom stereocenters. The molecule has 1 aliphatic rings. The van der Waals surface area contributed by atoms with E-state index in [-0.39, 0.29) is 17.3 Å². The van der Waals surface area contributed by atoms with Crippen LogP contribution in [-0.4, -0.2) is 34.0 Å². The molecule has 1 saturated heterocycles. The minimum atomic E-state index is -0.0488. The summed E-state index contributed by atoms with van der Waals surface area (Å²) in [4.78, 5) is 11.8. The molecule has 2 heterocycles. The maximum Gasteiger partial charge on any atom is 0.295 e. The quantitative estimate of drug-likeness (QED) is 0.918. The zero-order valence-electron chi connectivity index (χ0n) is 10.5. The van der Waals surface area contributed by atoms with E-state index in [1.807, 2.05) is 13.8 Å². The Kier molecular flexibility index (Phi) is 4.82. The Labute approximate surface area is 115 Å². The third-order valence-electron chi connectivity index (χ3n) is 2.45. The Morgan fingerprint density at radius 2 is 2.28 bits per heavy atom. The molecular formula is C11H17N3O2S2. The number of hydrogen-bond acceptors (Lipinski definition) is 6. The van der Waals surface area contributed by atoms with Crippen molar-refractivity contribution in [2.75, 3.05) is 6.54 Å². The maximum atomic E-state index is 11.8. The van der Waals surface area contributed by atoms with Gasteiger partial charge in [0, 0.05) is 6.54 Å². The number of nitrogens with zero attached hydrogens (tertiary/aromatic N) is 2. The zero-order chi connectivity index (χ0) is 13.0. The van der Waals surface area contributed by atoms with Crippen LogP contribution in [0.15, 0.2) is 4.34 Å². The monoisotopic (exact) mass is 287 g/mol. The van der Waals surface area contributed by atoms with E-state index in [0.717, 1.165) is 30.1 Å². The van der Waals surface area contributed by atoms with Gasteiger partial charge in [0.05, 0.1) is 11.4 Å². The summed E-state index contributed by atoms with van der Waals surface area (Å²) in [6.45, 7) is 4.69. The summed E-state index contributed by atoms with van der Waals surface area (Å²) in [6, 6.07) is 0. The van der Waals surface area contributed by atoms with Crippen molar-refractivity contribution in [1.29, 1.82) is 0 Å². The SMILES string of the molecule is CC(C)Oc1nnc(SC2CCCCNC2=O)s1. The summed E-state index contributed by atoms with van der Waals surface area (Å²) in [5.74, 6) is 0.110. The Morgan fingerprint density at radius 3 is 3.06 bits per heavy atom. The molecule has 100 valence electrons. The van der Waals surface area contributed by atoms with Crippen LogP contribution in [0.1, 0.15) is 33.1 Å². The second kappa shape index (κ2) is 6.38. The van der Waals surface area contributed by atoms with Gasteiger partial charge in [-0.15, -0.1) is 5.10 Å². The van der Waals surface area contributed by atoms with Gasteiger partial charge in [-0.25, -0.2) is 0 Å². The van der Waals surface area contributed by atoms with Gasteiger partial charge in [-0.2, -0.15) is 0 Å². The fourth-order valence-corrected chi connectivity index (χ4v) is 3.75. The highest BCUT2D eigenvalue weighted by atomic mass is 32.2. The van der Waals surface area contributed by atoms with E-state index < -0.39 is 0 Å². The van der Waals surface area contributed by atoms with Crippen molar-refractivity contribution in [3.8, 4) is 5.19 Å². The van der Waals surface area contributed by atoms with Gasteiger partial charge in [0.1, 0.15) is 0 Å². The van der Waals surface area contributed by atoms with Gasteiger partial charge in [-0.3, -0.25) is 4.79 Å². The van der Waals surface area contributed by atoms with Gasteiger partial charge in [0.15, 0.2) is 4.34 Å². The van der Waals surface area contributed by atoms with Crippen LogP contribution in [0.25, 0.3) is 0 Å². The maximum absolute atomic E-state index is 11.8. The van der Waals surface area contributed by atoms with Gasteiger partial charge >= 0.3 is 0 Å². The molecule has 1 aromatic heterocycles. The van der Waals surface area contributed by atoms with E-state index in [1.54, 1.807) is 0 Å². The molecule has 1 fully saturated rings. The molecule has 0 spiro atoms. The fourth-order valence-electron chi connectivity index (χ4n) is 1.64. The zero-order valence-corrected chi connectivity index (χ0v) is 12.1. The molecule has 7 heteroatoms. The topological polar surface area (TPSA) is 64.1 Å². The predicted octanol–water partition coefficient (Wildman–Crippen LogP) is 2.09. The van der Waals surface area contributed by atoms with Crippen molar-refractivity contribution in [3.05, 3.63) is 0 Å². The lowest BCUT2D eigenvalue weighted by Crippen LogP contribution is -2.30. The van der Waals surface area contributed by atoms with Crippen LogP contribution in [0.3, 0.4) is 0 Å². The Bertz CT molecular complexity index is 409. The van der Waals surface area contributed by atoms with Crippen LogP contribution in [-0.2, 0) is 4.79 Å². The molecule has 18 heavy (non-hydrogen) atoms. The van der Waals surface area contributed by atoms with Crippen molar-refractivity contribution in [3.63, 3.8) is 0 Å². The van der Waals surface area contributed by atoms with Gasteiger partial charge in [0.2, 0.25) is 5.91 Å². The van der Waals surface area contributed by atoms with Crippen molar-refractivity contribution in [1.82, 2.24) is 15.5 Å². The second-order valence-corrected chi connectivity index (χ2v) is 6.78. The average molecular weight is 287 g/mol. The molecule has 1 amide bonds. The Morgan fingerprint density at radius 1 is 1.44 bits per heavy atom. The fraction of sp³-hybridized carbons (Fsp3) is 0.727. The highest BCUT2D eigenvalue weighted by Crippen LogP contribution is 2.33. The van der Waals surface area contributed by atoms with Crippen LogP contribution in [0.4, 0.5) is 0 Å². The van der Waals surface area contributed by atoms with E-state index in [1.165, 1.54) is 23.1 Å². The third-order valence-corrected chi connectivity index (χ3v) is 4.62. The number of carbonyl (C=O) groups is 1. The van der Waals surface area contributed by atoms with Crippen LogP contribution >= 0.6 is 23.1 Å². The molecule has 1 N–H and O–H groups in total.